The van der Waals surface area contributed by atoms with Crippen molar-refractivity contribution in [3.8, 4) is 67.5 Å². The molecule has 4 nitrogen and oxygen atoms in total. The molecule has 10 rings (SSSR count). The third kappa shape index (κ3) is 5.54. The first-order chi connectivity index (χ1) is 29.1. The standard InChI is InChI=1S/C49H31N3O/c1-3-12-32(13-4-1)33-22-26-36(27-23-33)48-50-47(35-14-5-2-6-15-35)51-49(52-48)37-28-24-34(25-29-37)38-30-31-41(40-17-8-7-16-39(38)40)42-19-11-21-45-46(42)43-18-9-10-20-44(43)53-45/h1-31H/i2D,5D,6D,9D,14D,15D,19D. The monoisotopic (exact) mass is 684 g/mol. The molecule has 10 aromatic rings. The van der Waals surface area contributed by atoms with Gasteiger partial charge in [-0.3, -0.25) is 0 Å². The van der Waals surface area contributed by atoms with Gasteiger partial charge >= 0.3 is 0 Å². The molecular weight excluding hydrogens is 647 g/mol. The number of para-hydroxylation sites is 1. The summed E-state index contributed by atoms with van der Waals surface area (Å²) in [5.41, 5.74) is 8.11. The van der Waals surface area contributed by atoms with E-state index in [2.05, 4.69) is 18.2 Å². The first-order valence-corrected chi connectivity index (χ1v) is 17.2. The summed E-state index contributed by atoms with van der Waals surface area (Å²) >= 11 is 0. The van der Waals surface area contributed by atoms with Gasteiger partial charge in [0.1, 0.15) is 11.2 Å². The Morgan fingerprint density at radius 3 is 1.62 bits per heavy atom. The highest BCUT2D eigenvalue weighted by Gasteiger charge is 2.17. The van der Waals surface area contributed by atoms with Crippen molar-refractivity contribution in [2.24, 2.45) is 0 Å². The molecule has 0 fully saturated rings. The van der Waals surface area contributed by atoms with Crippen LogP contribution in [0.15, 0.2) is 192 Å². The minimum absolute atomic E-state index is 0.0297. The van der Waals surface area contributed by atoms with Crippen LogP contribution in [0.5, 0.6) is 0 Å². The minimum Gasteiger partial charge on any atom is -0.456 e. The van der Waals surface area contributed by atoms with Crippen molar-refractivity contribution < 1.29 is 14.0 Å². The molecule has 0 N–H and O–H groups in total. The normalized spacial score (nSPS) is 13.2. The maximum absolute atomic E-state index is 9.04. The number of benzene rings is 8. The second-order valence-corrected chi connectivity index (χ2v) is 12.6. The fourth-order valence-electron chi connectivity index (χ4n) is 6.98. The van der Waals surface area contributed by atoms with Gasteiger partial charge in [0.05, 0.1) is 9.60 Å². The molecule has 0 spiro atoms. The van der Waals surface area contributed by atoms with Gasteiger partial charge in [0.15, 0.2) is 17.5 Å². The van der Waals surface area contributed by atoms with Crippen molar-refractivity contribution in [1.82, 2.24) is 15.0 Å². The second-order valence-electron chi connectivity index (χ2n) is 12.6. The number of hydrogen-bond acceptors (Lipinski definition) is 4. The van der Waals surface area contributed by atoms with Gasteiger partial charge in [-0.25, -0.2) is 15.0 Å². The van der Waals surface area contributed by atoms with Gasteiger partial charge in [0, 0.05) is 27.5 Å². The number of aromatic nitrogens is 3. The van der Waals surface area contributed by atoms with Crippen LogP contribution in [0.2, 0.25) is 0 Å². The van der Waals surface area contributed by atoms with Crippen LogP contribution >= 0.6 is 0 Å². The lowest BCUT2D eigenvalue weighted by Crippen LogP contribution is -2.00. The van der Waals surface area contributed by atoms with E-state index in [1.54, 1.807) is 24.3 Å². The van der Waals surface area contributed by atoms with E-state index in [1.165, 1.54) is 0 Å². The summed E-state index contributed by atoms with van der Waals surface area (Å²) in [6.45, 7) is 0. The molecule has 0 saturated heterocycles. The van der Waals surface area contributed by atoms with Crippen molar-refractivity contribution in [1.29, 1.82) is 0 Å². The highest BCUT2D eigenvalue weighted by atomic mass is 16.3. The van der Waals surface area contributed by atoms with Crippen LogP contribution < -0.4 is 0 Å². The third-order valence-corrected chi connectivity index (χ3v) is 9.53. The average Bonchev–Trinajstić information content (AvgIpc) is 3.65. The number of nitrogens with zero attached hydrogens (tertiary/aromatic N) is 3. The van der Waals surface area contributed by atoms with E-state index >= 15 is 0 Å². The van der Waals surface area contributed by atoms with Gasteiger partial charge in [-0.1, -0.05) is 176 Å². The van der Waals surface area contributed by atoms with E-state index in [-0.39, 0.29) is 17.2 Å². The Morgan fingerprint density at radius 2 is 0.906 bits per heavy atom. The summed E-state index contributed by atoms with van der Waals surface area (Å²) < 4.78 is 65.7. The number of furan rings is 1. The van der Waals surface area contributed by atoms with E-state index in [4.69, 9.17) is 29.0 Å². The molecule has 0 aliphatic heterocycles. The van der Waals surface area contributed by atoms with Crippen LogP contribution in [-0.4, -0.2) is 15.0 Å². The summed E-state index contributed by atoms with van der Waals surface area (Å²) in [6.07, 6.45) is 0. The van der Waals surface area contributed by atoms with Crippen LogP contribution in [-0.2, 0) is 0 Å². The highest BCUT2D eigenvalue weighted by Crippen LogP contribution is 2.41. The summed E-state index contributed by atoms with van der Waals surface area (Å²) in [7, 11) is 0. The molecule has 0 unspecified atom stereocenters. The van der Waals surface area contributed by atoms with Crippen molar-refractivity contribution in [3.63, 3.8) is 0 Å². The zero-order valence-corrected chi connectivity index (χ0v) is 28.1. The highest BCUT2D eigenvalue weighted by molar-refractivity contribution is 6.16. The van der Waals surface area contributed by atoms with E-state index in [1.807, 2.05) is 103 Å². The Hall–Kier alpha value is -7.17. The quantitative estimate of drug-likeness (QED) is 0.175. The van der Waals surface area contributed by atoms with Crippen LogP contribution in [0.3, 0.4) is 0 Å². The third-order valence-electron chi connectivity index (χ3n) is 9.53. The van der Waals surface area contributed by atoms with Gasteiger partial charge in [0.25, 0.3) is 0 Å². The predicted molar refractivity (Wildman–Crippen MR) is 217 cm³/mol. The number of hydrogen-bond donors (Lipinski definition) is 0. The summed E-state index contributed by atoms with van der Waals surface area (Å²) in [5.74, 6) is 0.540. The molecule has 0 bridgehead atoms. The lowest BCUT2D eigenvalue weighted by Gasteiger charge is -2.13. The summed E-state index contributed by atoms with van der Waals surface area (Å²) in [4.78, 5) is 14.3. The van der Waals surface area contributed by atoms with E-state index in [0.717, 1.165) is 54.9 Å². The molecule has 53 heavy (non-hydrogen) atoms. The molecule has 0 saturated carbocycles. The molecule has 0 radical (unpaired) electrons. The molecule has 8 aromatic carbocycles. The molecule has 0 aliphatic rings. The van der Waals surface area contributed by atoms with E-state index in [0.29, 0.717) is 40.2 Å². The summed E-state index contributed by atoms with van der Waals surface area (Å²) in [6, 6.07) is 45.0. The van der Waals surface area contributed by atoms with Gasteiger partial charge in [-0.2, -0.15) is 0 Å². The topological polar surface area (TPSA) is 51.8 Å². The second kappa shape index (κ2) is 12.9. The SMILES string of the molecule is [2H]c1ccc2oc3ccc([2H])c(-c4ccc(-c5ccc(-c6nc(-c7ccc(-c8ccccc8)cc7)nc(-c7c([2H])c([2H])c([2H])c([2H])c7[2H])n6)cc5)c5ccccc45)c3c2c1. The lowest BCUT2D eigenvalue weighted by molar-refractivity contribution is 0.669. The Bertz CT molecular complexity index is 3300. The van der Waals surface area contributed by atoms with Gasteiger partial charge < -0.3 is 4.42 Å². The lowest BCUT2D eigenvalue weighted by atomic mass is 9.90. The Labute approximate surface area is 316 Å². The average molecular weight is 685 g/mol. The van der Waals surface area contributed by atoms with E-state index in [9.17, 15) is 0 Å². The van der Waals surface area contributed by atoms with E-state index < -0.39 is 30.2 Å². The van der Waals surface area contributed by atoms with Crippen molar-refractivity contribution in [2.75, 3.05) is 0 Å². The molecular formula is C49H31N3O. The number of fused-ring (bicyclic) bond motifs is 4. The predicted octanol–water partition coefficient (Wildman–Crippen LogP) is 12.9. The largest absolute Gasteiger partial charge is 0.456 e. The van der Waals surface area contributed by atoms with Crippen LogP contribution in [0.25, 0.3) is 100 Å². The van der Waals surface area contributed by atoms with Gasteiger partial charge in [0.2, 0.25) is 0 Å². The summed E-state index contributed by atoms with van der Waals surface area (Å²) in [5, 5.41) is 3.55. The molecule has 2 heterocycles. The smallest absolute Gasteiger partial charge is 0.164 e. The van der Waals surface area contributed by atoms with Crippen LogP contribution in [0.1, 0.15) is 9.60 Å². The fraction of sp³-hybridized carbons (Fsp3) is 0. The van der Waals surface area contributed by atoms with Crippen molar-refractivity contribution in [3.05, 3.63) is 188 Å². The molecule has 248 valence electrons. The van der Waals surface area contributed by atoms with Crippen molar-refractivity contribution in [2.45, 2.75) is 0 Å². The fourth-order valence-corrected chi connectivity index (χ4v) is 6.98. The molecule has 2 aromatic heterocycles. The van der Waals surface area contributed by atoms with Crippen molar-refractivity contribution >= 4 is 32.7 Å². The Morgan fingerprint density at radius 1 is 0.340 bits per heavy atom. The number of rotatable bonds is 6. The Balaban J connectivity index is 1.09. The molecule has 0 amide bonds. The van der Waals surface area contributed by atoms with Crippen LogP contribution in [0, 0.1) is 0 Å². The van der Waals surface area contributed by atoms with Crippen LogP contribution in [0.4, 0.5) is 0 Å². The Kier molecular flexibility index (Phi) is 5.85. The first-order valence-electron chi connectivity index (χ1n) is 20.7. The molecule has 0 atom stereocenters. The molecule has 0 aliphatic carbocycles. The first kappa shape index (κ1) is 24.1. The van der Waals surface area contributed by atoms with Gasteiger partial charge in [-0.15, -0.1) is 0 Å². The zero-order chi connectivity index (χ0) is 41.2. The molecule has 4 heteroatoms. The zero-order valence-electron chi connectivity index (χ0n) is 35.1. The maximum Gasteiger partial charge on any atom is 0.164 e. The maximum atomic E-state index is 9.04. The van der Waals surface area contributed by atoms with Gasteiger partial charge in [-0.05, 0) is 56.3 Å². The minimum atomic E-state index is -0.495.